The van der Waals surface area contributed by atoms with Gasteiger partial charge in [0.2, 0.25) is 0 Å². The van der Waals surface area contributed by atoms with Gasteiger partial charge in [-0.3, -0.25) is 4.79 Å². The van der Waals surface area contributed by atoms with E-state index in [1.807, 2.05) is 12.1 Å². The average Bonchev–Trinajstić information content (AvgIpc) is 2.89. The van der Waals surface area contributed by atoms with Crippen molar-refractivity contribution < 1.29 is 14.3 Å². The number of pyridine rings is 1. The largest absolute Gasteiger partial charge is 0.491 e. The van der Waals surface area contributed by atoms with E-state index in [0.717, 1.165) is 12.8 Å². The molecule has 0 aliphatic heterocycles. The number of fused-ring (bicyclic) bond motifs is 1. The molecule has 0 radical (unpaired) electrons. The number of hydrogen-bond donors (Lipinski definition) is 0. The molecule has 4 nitrogen and oxygen atoms in total. The number of carbonyl (C=O) groups is 1. The summed E-state index contributed by atoms with van der Waals surface area (Å²) in [6, 6.07) is 9.95. The van der Waals surface area contributed by atoms with Crippen LogP contribution in [-0.4, -0.2) is 24.5 Å². The van der Waals surface area contributed by atoms with Crippen LogP contribution in [-0.2, 0) is 12.8 Å². The van der Waals surface area contributed by atoms with Gasteiger partial charge < -0.3 is 9.47 Å². The highest BCUT2D eigenvalue weighted by Gasteiger charge is 2.23. The minimum atomic E-state index is 0.0724. The quantitative estimate of drug-likeness (QED) is 0.800. The van der Waals surface area contributed by atoms with Gasteiger partial charge in [-0.25, -0.2) is 4.98 Å². The van der Waals surface area contributed by atoms with Crippen molar-refractivity contribution in [1.29, 1.82) is 0 Å². The monoisotopic (exact) mass is 269 g/mol. The molecule has 0 unspecified atom stereocenters. The lowest BCUT2D eigenvalue weighted by Crippen LogP contribution is -2.17. The van der Waals surface area contributed by atoms with Crippen molar-refractivity contribution in [1.82, 2.24) is 4.98 Å². The fourth-order valence-corrected chi connectivity index (χ4v) is 2.53. The Morgan fingerprint density at radius 3 is 2.50 bits per heavy atom. The van der Waals surface area contributed by atoms with Crippen molar-refractivity contribution in [2.75, 3.05) is 7.11 Å². The van der Waals surface area contributed by atoms with E-state index in [1.165, 1.54) is 17.3 Å². The van der Waals surface area contributed by atoms with E-state index < -0.39 is 0 Å². The van der Waals surface area contributed by atoms with Gasteiger partial charge in [-0.15, -0.1) is 0 Å². The van der Waals surface area contributed by atoms with E-state index in [-0.39, 0.29) is 6.10 Å². The van der Waals surface area contributed by atoms with Gasteiger partial charge in [-0.1, -0.05) is 24.3 Å². The predicted molar refractivity (Wildman–Crippen MR) is 74.4 cm³/mol. The topological polar surface area (TPSA) is 48.4 Å². The van der Waals surface area contributed by atoms with Crippen LogP contribution in [0, 0.1) is 0 Å². The number of nitrogens with zero attached hydrogens (tertiary/aromatic N) is 1. The molecule has 4 heteroatoms. The maximum Gasteiger partial charge on any atom is 0.179 e. The molecule has 2 aromatic rings. The molecule has 0 atom stereocenters. The molecular weight excluding hydrogens is 254 g/mol. The third-order valence-electron chi connectivity index (χ3n) is 3.50. The van der Waals surface area contributed by atoms with Crippen LogP contribution < -0.4 is 9.47 Å². The van der Waals surface area contributed by atoms with Crippen LogP contribution >= 0.6 is 0 Å². The first kappa shape index (κ1) is 12.7. The first-order valence-electron chi connectivity index (χ1n) is 6.53. The summed E-state index contributed by atoms with van der Waals surface area (Å²) in [5, 5.41) is 0. The second-order valence-corrected chi connectivity index (χ2v) is 4.79. The standard InChI is InChI=1S/C16H15NO3/c1-19-16-9-17-13(10-18)8-15(16)20-14-6-11-4-2-3-5-12(11)7-14/h2-5,8-10,14H,6-7H2,1H3. The summed E-state index contributed by atoms with van der Waals surface area (Å²) >= 11 is 0. The lowest BCUT2D eigenvalue weighted by molar-refractivity contribution is 0.111. The number of rotatable bonds is 4. The van der Waals surface area contributed by atoms with Crippen LogP contribution in [0.15, 0.2) is 36.5 Å². The molecule has 0 amide bonds. The third-order valence-corrected chi connectivity index (χ3v) is 3.50. The van der Waals surface area contributed by atoms with E-state index in [1.54, 1.807) is 13.2 Å². The van der Waals surface area contributed by atoms with Crippen LogP contribution in [0.25, 0.3) is 0 Å². The van der Waals surface area contributed by atoms with E-state index in [2.05, 4.69) is 17.1 Å². The number of aldehydes is 1. The van der Waals surface area contributed by atoms with Crippen molar-refractivity contribution >= 4 is 6.29 Å². The minimum absolute atomic E-state index is 0.0724. The first-order chi connectivity index (χ1) is 9.80. The molecule has 102 valence electrons. The van der Waals surface area contributed by atoms with Gasteiger partial charge in [0, 0.05) is 18.9 Å². The highest BCUT2D eigenvalue weighted by Crippen LogP contribution is 2.31. The van der Waals surface area contributed by atoms with Crippen LogP contribution in [0.3, 0.4) is 0 Å². The van der Waals surface area contributed by atoms with Gasteiger partial charge in [0.25, 0.3) is 0 Å². The van der Waals surface area contributed by atoms with Gasteiger partial charge in [-0.2, -0.15) is 0 Å². The normalized spacial score (nSPS) is 13.8. The lowest BCUT2D eigenvalue weighted by atomic mass is 10.1. The summed E-state index contributed by atoms with van der Waals surface area (Å²) < 4.78 is 11.2. The Bertz CT molecular complexity index is 614. The molecule has 0 fully saturated rings. The fourth-order valence-electron chi connectivity index (χ4n) is 2.53. The average molecular weight is 269 g/mol. The second kappa shape index (κ2) is 5.33. The Morgan fingerprint density at radius 2 is 1.90 bits per heavy atom. The molecule has 1 aromatic heterocycles. The second-order valence-electron chi connectivity index (χ2n) is 4.79. The van der Waals surface area contributed by atoms with Gasteiger partial charge in [0.15, 0.2) is 17.8 Å². The van der Waals surface area contributed by atoms with Crippen molar-refractivity contribution in [3.8, 4) is 11.5 Å². The summed E-state index contributed by atoms with van der Waals surface area (Å²) in [5.41, 5.74) is 2.98. The Balaban J connectivity index is 1.81. The highest BCUT2D eigenvalue weighted by atomic mass is 16.5. The number of carbonyl (C=O) groups excluding carboxylic acids is 1. The SMILES string of the molecule is COc1cnc(C=O)cc1OC1Cc2ccccc2C1. The Kier molecular flexibility index (Phi) is 3.37. The van der Waals surface area contributed by atoms with Gasteiger partial charge >= 0.3 is 0 Å². The molecule has 3 rings (SSSR count). The van der Waals surface area contributed by atoms with Crippen LogP contribution in [0.5, 0.6) is 11.5 Å². The molecule has 1 aliphatic carbocycles. The maximum atomic E-state index is 10.8. The van der Waals surface area contributed by atoms with Crippen molar-refractivity contribution in [3.05, 3.63) is 53.3 Å². The summed E-state index contributed by atoms with van der Waals surface area (Å²) in [4.78, 5) is 14.8. The summed E-state index contributed by atoms with van der Waals surface area (Å²) in [6.45, 7) is 0. The van der Waals surface area contributed by atoms with Crippen LogP contribution in [0.1, 0.15) is 21.6 Å². The van der Waals surface area contributed by atoms with Crippen LogP contribution in [0.4, 0.5) is 0 Å². The highest BCUT2D eigenvalue weighted by molar-refractivity contribution is 5.73. The van der Waals surface area contributed by atoms with Crippen LogP contribution in [0.2, 0.25) is 0 Å². The maximum absolute atomic E-state index is 10.8. The lowest BCUT2D eigenvalue weighted by Gasteiger charge is -2.15. The zero-order valence-corrected chi connectivity index (χ0v) is 11.2. The Hall–Kier alpha value is -2.36. The fraction of sp³-hybridized carbons (Fsp3) is 0.250. The molecular formula is C16H15NO3. The van der Waals surface area contributed by atoms with E-state index in [9.17, 15) is 4.79 Å². The zero-order valence-electron chi connectivity index (χ0n) is 11.2. The minimum Gasteiger partial charge on any atom is -0.491 e. The predicted octanol–water partition coefficient (Wildman–Crippen LogP) is 2.45. The molecule has 1 aromatic carbocycles. The molecule has 0 saturated heterocycles. The van der Waals surface area contributed by atoms with Crippen molar-refractivity contribution in [2.45, 2.75) is 18.9 Å². The molecule has 0 saturated carbocycles. The molecule has 1 aliphatic rings. The number of ether oxygens (including phenoxy) is 2. The van der Waals surface area contributed by atoms with E-state index >= 15 is 0 Å². The Labute approximate surface area is 117 Å². The zero-order chi connectivity index (χ0) is 13.9. The number of aromatic nitrogens is 1. The van der Waals surface area contributed by atoms with Gasteiger partial charge in [0.05, 0.1) is 13.3 Å². The summed E-state index contributed by atoms with van der Waals surface area (Å²) in [7, 11) is 1.56. The van der Waals surface area contributed by atoms with Gasteiger partial charge in [0.1, 0.15) is 11.8 Å². The van der Waals surface area contributed by atoms with E-state index in [4.69, 9.17) is 9.47 Å². The number of benzene rings is 1. The third kappa shape index (κ3) is 2.37. The van der Waals surface area contributed by atoms with Crippen molar-refractivity contribution in [2.24, 2.45) is 0 Å². The van der Waals surface area contributed by atoms with Crippen molar-refractivity contribution in [3.63, 3.8) is 0 Å². The summed E-state index contributed by atoms with van der Waals surface area (Å²) in [6.07, 6.45) is 4.04. The molecule has 0 N–H and O–H groups in total. The smallest absolute Gasteiger partial charge is 0.179 e. The van der Waals surface area contributed by atoms with E-state index in [0.29, 0.717) is 23.5 Å². The molecule has 20 heavy (non-hydrogen) atoms. The molecule has 0 bridgehead atoms. The van der Waals surface area contributed by atoms with Gasteiger partial charge in [-0.05, 0) is 11.1 Å². The number of hydrogen-bond acceptors (Lipinski definition) is 4. The first-order valence-corrected chi connectivity index (χ1v) is 6.53. The summed E-state index contributed by atoms with van der Waals surface area (Å²) in [5.74, 6) is 1.12. The Morgan fingerprint density at radius 1 is 1.20 bits per heavy atom. The molecule has 0 spiro atoms. The number of methoxy groups -OCH3 is 1. The molecule has 1 heterocycles.